The normalized spacial score (nSPS) is 20.7. The highest BCUT2D eigenvalue weighted by atomic mass is 16.4. The van der Waals surface area contributed by atoms with E-state index in [-0.39, 0.29) is 11.8 Å². The molecule has 0 spiro atoms. The van der Waals surface area contributed by atoms with Crippen LogP contribution in [0.5, 0.6) is 0 Å². The SMILES string of the molecule is CC(C)C(CNCC1CCN(C)CC1)C(=O)O. The molecule has 4 nitrogen and oxygen atoms in total. The molecule has 0 amide bonds. The molecule has 0 radical (unpaired) electrons. The molecule has 1 fully saturated rings. The van der Waals surface area contributed by atoms with Crippen molar-refractivity contribution in [3.63, 3.8) is 0 Å². The van der Waals surface area contributed by atoms with Gasteiger partial charge >= 0.3 is 5.97 Å². The van der Waals surface area contributed by atoms with Crippen LogP contribution in [-0.2, 0) is 4.79 Å². The van der Waals surface area contributed by atoms with E-state index in [0.717, 1.165) is 6.54 Å². The quantitative estimate of drug-likeness (QED) is 0.736. The number of carbonyl (C=O) groups is 1. The molecule has 1 heterocycles. The average molecular weight is 242 g/mol. The fourth-order valence-corrected chi connectivity index (χ4v) is 2.32. The molecule has 0 saturated carbocycles. The van der Waals surface area contributed by atoms with Crippen LogP contribution in [0.2, 0.25) is 0 Å². The molecule has 2 N–H and O–H groups in total. The van der Waals surface area contributed by atoms with Gasteiger partial charge in [-0.2, -0.15) is 0 Å². The van der Waals surface area contributed by atoms with Gasteiger partial charge < -0.3 is 15.3 Å². The van der Waals surface area contributed by atoms with Crippen molar-refractivity contribution in [2.75, 3.05) is 33.2 Å². The molecule has 1 aliphatic rings. The van der Waals surface area contributed by atoms with E-state index in [2.05, 4.69) is 17.3 Å². The van der Waals surface area contributed by atoms with E-state index in [9.17, 15) is 4.79 Å². The first kappa shape index (κ1) is 14.5. The predicted molar refractivity (Wildman–Crippen MR) is 69.1 cm³/mol. The second-order valence-electron chi connectivity index (χ2n) is 5.59. The predicted octanol–water partition coefficient (Wildman–Crippen LogP) is 1.27. The summed E-state index contributed by atoms with van der Waals surface area (Å²) in [5.74, 6) is -0.0394. The van der Waals surface area contributed by atoms with Crippen LogP contribution in [0.15, 0.2) is 0 Å². The Morgan fingerprint density at radius 2 is 2.00 bits per heavy atom. The zero-order valence-electron chi connectivity index (χ0n) is 11.3. The van der Waals surface area contributed by atoms with Crippen LogP contribution in [0.25, 0.3) is 0 Å². The molecule has 1 unspecified atom stereocenters. The molecule has 4 heteroatoms. The number of likely N-dealkylation sites (tertiary alicyclic amines) is 1. The number of aliphatic carboxylic acids is 1. The van der Waals surface area contributed by atoms with Crippen molar-refractivity contribution in [3.8, 4) is 0 Å². The maximum atomic E-state index is 11.0. The molecular weight excluding hydrogens is 216 g/mol. The van der Waals surface area contributed by atoms with Crippen LogP contribution in [0.4, 0.5) is 0 Å². The van der Waals surface area contributed by atoms with E-state index < -0.39 is 5.97 Å². The van der Waals surface area contributed by atoms with Gasteiger partial charge in [-0.1, -0.05) is 13.8 Å². The first-order valence-corrected chi connectivity index (χ1v) is 6.62. The summed E-state index contributed by atoms with van der Waals surface area (Å²) in [5.41, 5.74) is 0. The molecule has 100 valence electrons. The molecule has 0 aromatic rings. The zero-order chi connectivity index (χ0) is 12.8. The van der Waals surface area contributed by atoms with Gasteiger partial charge in [0, 0.05) is 6.54 Å². The zero-order valence-corrected chi connectivity index (χ0v) is 11.3. The summed E-state index contributed by atoms with van der Waals surface area (Å²) in [7, 11) is 2.16. The van der Waals surface area contributed by atoms with Gasteiger partial charge in [0.15, 0.2) is 0 Å². The molecule has 0 bridgehead atoms. The number of rotatable bonds is 6. The van der Waals surface area contributed by atoms with Crippen LogP contribution in [-0.4, -0.2) is 49.2 Å². The summed E-state index contributed by atoms with van der Waals surface area (Å²) in [5, 5.41) is 12.4. The number of carboxylic acid groups (broad SMARTS) is 1. The topological polar surface area (TPSA) is 52.6 Å². The molecular formula is C13H26N2O2. The van der Waals surface area contributed by atoms with Gasteiger partial charge in [0.2, 0.25) is 0 Å². The minimum Gasteiger partial charge on any atom is -0.481 e. The first-order chi connectivity index (χ1) is 8.00. The Kier molecular flexibility index (Phi) is 5.92. The third kappa shape index (κ3) is 5.04. The Hall–Kier alpha value is -0.610. The van der Waals surface area contributed by atoms with Crippen molar-refractivity contribution in [3.05, 3.63) is 0 Å². The van der Waals surface area contributed by atoms with Gasteiger partial charge in [-0.25, -0.2) is 0 Å². The van der Waals surface area contributed by atoms with Crippen molar-refractivity contribution in [1.82, 2.24) is 10.2 Å². The minimum absolute atomic E-state index is 0.192. The molecule has 1 saturated heterocycles. The third-order valence-corrected chi connectivity index (χ3v) is 3.76. The first-order valence-electron chi connectivity index (χ1n) is 6.62. The smallest absolute Gasteiger partial charge is 0.308 e. The largest absolute Gasteiger partial charge is 0.481 e. The number of nitrogens with one attached hydrogen (secondary N) is 1. The molecule has 1 aliphatic heterocycles. The molecule has 0 aliphatic carbocycles. The van der Waals surface area contributed by atoms with Gasteiger partial charge in [-0.3, -0.25) is 4.79 Å². The Bertz CT molecular complexity index is 236. The van der Waals surface area contributed by atoms with E-state index in [4.69, 9.17) is 5.11 Å². The Morgan fingerprint density at radius 1 is 1.41 bits per heavy atom. The van der Waals surface area contributed by atoms with Crippen molar-refractivity contribution < 1.29 is 9.90 Å². The number of nitrogens with zero attached hydrogens (tertiary/aromatic N) is 1. The number of carboxylic acids is 1. The van der Waals surface area contributed by atoms with Gasteiger partial charge in [0.05, 0.1) is 5.92 Å². The van der Waals surface area contributed by atoms with Crippen LogP contribution >= 0.6 is 0 Å². The van der Waals surface area contributed by atoms with E-state index >= 15 is 0 Å². The standard InChI is InChI=1S/C13H26N2O2/c1-10(2)12(13(16)17)9-14-8-11-4-6-15(3)7-5-11/h10-12,14H,4-9H2,1-3H3,(H,16,17). The van der Waals surface area contributed by atoms with E-state index in [1.54, 1.807) is 0 Å². The maximum absolute atomic E-state index is 11.0. The number of piperidine rings is 1. The Balaban J connectivity index is 2.20. The van der Waals surface area contributed by atoms with E-state index in [1.807, 2.05) is 13.8 Å². The number of hydrogen-bond donors (Lipinski definition) is 2. The van der Waals surface area contributed by atoms with Crippen molar-refractivity contribution in [2.45, 2.75) is 26.7 Å². The second-order valence-corrected chi connectivity index (χ2v) is 5.59. The summed E-state index contributed by atoms with van der Waals surface area (Å²) in [6, 6.07) is 0. The van der Waals surface area contributed by atoms with Crippen LogP contribution < -0.4 is 5.32 Å². The second kappa shape index (κ2) is 6.97. The molecule has 0 aromatic carbocycles. The number of hydrogen-bond acceptors (Lipinski definition) is 3. The van der Waals surface area contributed by atoms with Crippen LogP contribution in [0.1, 0.15) is 26.7 Å². The Morgan fingerprint density at radius 3 is 2.47 bits per heavy atom. The van der Waals surface area contributed by atoms with Crippen molar-refractivity contribution >= 4 is 5.97 Å². The van der Waals surface area contributed by atoms with Gasteiger partial charge in [0.25, 0.3) is 0 Å². The summed E-state index contributed by atoms with van der Waals surface area (Å²) >= 11 is 0. The molecule has 17 heavy (non-hydrogen) atoms. The monoisotopic (exact) mass is 242 g/mol. The summed E-state index contributed by atoms with van der Waals surface area (Å²) in [6.07, 6.45) is 2.45. The van der Waals surface area contributed by atoms with Crippen LogP contribution in [0.3, 0.4) is 0 Å². The molecule has 1 atom stereocenters. The lowest BCUT2D eigenvalue weighted by Gasteiger charge is -2.29. The maximum Gasteiger partial charge on any atom is 0.308 e. The molecule has 0 aromatic heterocycles. The lowest BCUT2D eigenvalue weighted by molar-refractivity contribution is -0.143. The van der Waals surface area contributed by atoms with E-state index in [1.165, 1.54) is 25.9 Å². The molecule has 1 rings (SSSR count). The average Bonchev–Trinajstić information content (AvgIpc) is 2.25. The summed E-state index contributed by atoms with van der Waals surface area (Å²) in [6.45, 7) is 7.83. The van der Waals surface area contributed by atoms with Gasteiger partial charge in [-0.15, -0.1) is 0 Å². The van der Waals surface area contributed by atoms with Crippen molar-refractivity contribution in [1.29, 1.82) is 0 Å². The van der Waals surface area contributed by atoms with Gasteiger partial charge in [0.1, 0.15) is 0 Å². The van der Waals surface area contributed by atoms with Crippen molar-refractivity contribution in [2.24, 2.45) is 17.8 Å². The van der Waals surface area contributed by atoms with Crippen LogP contribution in [0, 0.1) is 17.8 Å². The minimum atomic E-state index is -0.684. The van der Waals surface area contributed by atoms with E-state index in [0.29, 0.717) is 12.5 Å². The summed E-state index contributed by atoms with van der Waals surface area (Å²) < 4.78 is 0. The highest BCUT2D eigenvalue weighted by Gasteiger charge is 2.22. The lowest BCUT2D eigenvalue weighted by atomic mass is 9.94. The fraction of sp³-hybridized carbons (Fsp3) is 0.923. The highest BCUT2D eigenvalue weighted by molar-refractivity contribution is 5.70. The lowest BCUT2D eigenvalue weighted by Crippen LogP contribution is -2.38. The fourth-order valence-electron chi connectivity index (χ4n) is 2.32. The third-order valence-electron chi connectivity index (χ3n) is 3.76. The summed E-state index contributed by atoms with van der Waals surface area (Å²) in [4.78, 5) is 13.4. The Labute approximate surface area is 104 Å². The van der Waals surface area contributed by atoms with Gasteiger partial charge in [-0.05, 0) is 51.4 Å². The highest BCUT2D eigenvalue weighted by Crippen LogP contribution is 2.15.